The van der Waals surface area contributed by atoms with Crippen LogP contribution in [0.2, 0.25) is 0 Å². The van der Waals surface area contributed by atoms with Gasteiger partial charge in [-0.2, -0.15) is 0 Å². The minimum Gasteiger partial charge on any atom is -0.494 e. The van der Waals surface area contributed by atoms with E-state index in [9.17, 15) is 48.6 Å². The molecule has 0 saturated heterocycles. The molecule has 0 heterocycles. The van der Waals surface area contributed by atoms with Gasteiger partial charge in [0.2, 0.25) is 5.91 Å². The molecule has 0 aliphatic heterocycles. The largest absolute Gasteiger partial charge is 0.494 e. The molecule has 340 valence electrons. The van der Waals surface area contributed by atoms with E-state index in [1.54, 1.807) is 67.6 Å². The first-order chi connectivity index (χ1) is 30.3. The van der Waals surface area contributed by atoms with Crippen LogP contribution in [-0.2, 0) is 46.3 Å². The first-order valence-electron chi connectivity index (χ1n) is 20.8. The van der Waals surface area contributed by atoms with Gasteiger partial charge in [0.1, 0.15) is 23.6 Å². The summed E-state index contributed by atoms with van der Waals surface area (Å²) in [7, 11) is 0. The Labute approximate surface area is 365 Å². The molecule has 63 heavy (non-hydrogen) atoms. The van der Waals surface area contributed by atoms with Crippen molar-refractivity contribution in [3.63, 3.8) is 0 Å². The highest BCUT2D eigenvalue weighted by molar-refractivity contribution is 5.97. The lowest BCUT2D eigenvalue weighted by Crippen LogP contribution is -2.50. The molecule has 3 aromatic carbocycles. The number of ether oxygens (including phenoxy) is 3. The minimum absolute atomic E-state index is 0.0283. The van der Waals surface area contributed by atoms with Gasteiger partial charge in [-0.25, -0.2) is 9.59 Å². The molecule has 0 radical (unpaired) electrons. The average molecular weight is 876 g/mol. The fraction of sp³-hybridized carbons (Fsp3) is 0.422. The zero-order chi connectivity index (χ0) is 46.0. The standard InChI is InChI=1S/C45H57N5O13/c1-3-10-37(44(58)59)49-45(60)50-40(63-29-51)13-8-9-22-46-42(55)38(25-30-11-6-5-7-12-30)48-39(53)28-62-36-18-14-31(15-19-36)24-33(43(56)57)26-34(52)27-47-41(54)32-16-20-35(21-17-32)61-23-4-2/h5-7,11-12,14-21,29,33,37-38,40H,3-4,8-10,13,22-28H2,1-2H3,(H,46,55)(H,47,54)(H,48,53)(H,56,57)(H,58,59)(H2,49,50,60)/t33-,37+,38+,40-/m1/s1. The predicted octanol–water partition coefficient (Wildman–Crippen LogP) is 3.55. The number of ketones is 1. The van der Waals surface area contributed by atoms with Gasteiger partial charge in [-0.15, -0.1) is 0 Å². The molecule has 3 rings (SSSR count). The molecule has 4 atom stereocenters. The van der Waals surface area contributed by atoms with Crippen LogP contribution >= 0.6 is 0 Å². The van der Waals surface area contributed by atoms with Crippen molar-refractivity contribution in [2.45, 2.75) is 89.9 Å². The zero-order valence-corrected chi connectivity index (χ0v) is 35.5. The number of rotatable bonds is 30. The van der Waals surface area contributed by atoms with Gasteiger partial charge in [0.15, 0.2) is 18.6 Å². The number of hydrogen-bond acceptors (Lipinski definition) is 11. The highest BCUT2D eigenvalue weighted by Crippen LogP contribution is 2.18. The maximum atomic E-state index is 13.3. The van der Waals surface area contributed by atoms with Crippen LogP contribution in [0.15, 0.2) is 78.9 Å². The molecule has 0 aliphatic rings. The molecule has 3 aromatic rings. The number of hydrogen-bond donors (Lipinski definition) is 7. The van der Waals surface area contributed by atoms with E-state index in [2.05, 4.69) is 26.6 Å². The summed E-state index contributed by atoms with van der Waals surface area (Å²) < 4.78 is 16.1. The number of nitrogens with one attached hydrogen (secondary N) is 5. The summed E-state index contributed by atoms with van der Waals surface area (Å²) in [5.41, 5.74) is 1.73. The van der Waals surface area contributed by atoms with Gasteiger partial charge < -0.3 is 51.0 Å². The van der Waals surface area contributed by atoms with Gasteiger partial charge in [-0.05, 0) is 79.6 Å². The summed E-state index contributed by atoms with van der Waals surface area (Å²) >= 11 is 0. The van der Waals surface area contributed by atoms with Crippen LogP contribution in [0.3, 0.4) is 0 Å². The molecule has 0 spiro atoms. The number of carbonyl (C=O) groups is 8. The molecule has 0 unspecified atom stereocenters. The van der Waals surface area contributed by atoms with Gasteiger partial charge in [0.25, 0.3) is 18.3 Å². The van der Waals surface area contributed by atoms with Gasteiger partial charge in [0, 0.05) is 31.4 Å². The monoisotopic (exact) mass is 875 g/mol. The lowest BCUT2D eigenvalue weighted by Gasteiger charge is -2.20. The first-order valence-corrected chi connectivity index (χ1v) is 20.8. The molecular weight excluding hydrogens is 819 g/mol. The molecule has 5 amide bonds. The van der Waals surface area contributed by atoms with E-state index in [1.807, 2.05) is 25.1 Å². The van der Waals surface area contributed by atoms with Crippen molar-refractivity contribution < 1.29 is 62.8 Å². The molecule has 0 saturated carbocycles. The number of benzene rings is 3. The fourth-order valence-electron chi connectivity index (χ4n) is 6.17. The molecule has 0 bridgehead atoms. The Morgan fingerprint density at radius 1 is 0.683 bits per heavy atom. The number of Topliss-reactive ketones (excluding diaryl/α,β-unsaturated/α-hetero) is 1. The van der Waals surface area contributed by atoms with Crippen molar-refractivity contribution in [2.24, 2.45) is 5.92 Å². The Kier molecular flexibility index (Phi) is 22.2. The zero-order valence-electron chi connectivity index (χ0n) is 35.5. The third kappa shape index (κ3) is 19.5. The number of carboxylic acid groups (broad SMARTS) is 2. The Bertz CT molecular complexity index is 1940. The highest BCUT2D eigenvalue weighted by Gasteiger charge is 2.24. The molecule has 0 fully saturated rings. The maximum absolute atomic E-state index is 13.3. The number of amides is 5. The number of urea groups is 1. The topological polar surface area (TPSA) is 265 Å². The second-order valence-corrected chi connectivity index (χ2v) is 14.6. The summed E-state index contributed by atoms with van der Waals surface area (Å²) in [5.74, 6) is -4.44. The third-order valence-corrected chi connectivity index (χ3v) is 9.45. The Hall–Kier alpha value is -6.98. The highest BCUT2D eigenvalue weighted by atomic mass is 16.5. The maximum Gasteiger partial charge on any atom is 0.326 e. The molecule has 18 heteroatoms. The SMILES string of the molecule is CCCOc1ccc(C(=O)NCC(=O)C[C@@H](Cc2ccc(OCC(=O)N[C@@H](Cc3ccccc3)C(=O)NCCCC[C@H](NC(=O)N[C@@H](CCC)C(=O)O)OC=O)cc2)C(=O)O)cc1. The van der Waals surface area contributed by atoms with Gasteiger partial charge in [-0.1, -0.05) is 62.7 Å². The molecule has 0 aromatic heterocycles. The molecule has 18 nitrogen and oxygen atoms in total. The molecule has 7 N–H and O–H groups in total. The second-order valence-electron chi connectivity index (χ2n) is 14.6. The van der Waals surface area contributed by atoms with Gasteiger partial charge in [0.05, 0.1) is 19.1 Å². The summed E-state index contributed by atoms with van der Waals surface area (Å²) in [6.45, 7) is 3.90. The Morgan fingerprint density at radius 2 is 1.35 bits per heavy atom. The summed E-state index contributed by atoms with van der Waals surface area (Å²) in [5, 5.41) is 31.9. The van der Waals surface area contributed by atoms with Crippen molar-refractivity contribution in [1.82, 2.24) is 26.6 Å². The predicted molar refractivity (Wildman–Crippen MR) is 229 cm³/mol. The van der Waals surface area contributed by atoms with Crippen LogP contribution < -0.4 is 36.1 Å². The van der Waals surface area contributed by atoms with Crippen LogP contribution in [0.1, 0.15) is 80.3 Å². The summed E-state index contributed by atoms with van der Waals surface area (Å²) in [4.78, 5) is 98.2. The van der Waals surface area contributed by atoms with E-state index in [0.717, 1.165) is 12.0 Å². The van der Waals surface area contributed by atoms with Gasteiger partial charge >= 0.3 is 18.0 Å². The van der Waals surface area contributed by atoms with E-state index < -0.39 is 72.3 Å². The summed E-state index contributed by atoms with van der Waals surface area (Å²) in [6, 6.07) is 19.0. The van der Waals surface area contributed by atoms with E-state index in [-0.39, 0.29) is 51.7 Å². The quantitative estimate of drug-likeness (QED) is 0.0288. The van der Waals surface area contributed by atoms with Gasteiger partial charge in [-0.3, -0.25) is 28.8 Å². The van der Waals surface area contributed by atoms with E-state index in [1.165, 1.54) is 0 Å². The number of carboxylic acids is 2. The third-order valence-electron chi connectivity index (χ3n) is 9.45. The number of aliphatic carboxylic acids is 2. The smallest absolute Gasteiger partial charge is 0.326 e. The minimum atomic E-state index is -1.19. The average Bonchev–Trinajstić information content (AvgIpc) is 3.26. The lowest BCUT2D eigenvalue weighted by molar-refractivity contribution is -0.143. The van der Waals surface area contributed by atoms with Crippen LogP contribution in [0.5, 0.6) is 11.5 Å². The molecular formula is C45H57N5O13. The fourth-order valence-corrected chi connectivity index (χ4v) is 6.17. The molecule has 0 aliphatic carbocycles. The van der Waals surface area contributed by atoms with Crippen molar-refractivity contribution in [3.05, 3.63) is 95.6 Å². The Morgan fingerprint density at radius 3 is 1.98 bits per heavy atom. The van der Waals surface area contributed by atoms with Crippen LogP contribution in [0.25, 0.3) is 0 Å². The van der Waals surface area contributed by atoms with E-state index in [0.29, 0.717) is 48.5 Å². The lowest BCUT2D eigenvalue weighted by atomic mass is 9.94. The van der Waals surface area contributed by atoms with Crippen LogP contribution in [0, 0.1) is 5.92 Å². The summed E-state index contributed by atoms with van der Waals surface area (Å²) in [6.07, 6.45) is 1.47. The number of unbranched alkanes of at least 4 members (excludes halogenated alkanes) is 1. The van der Waals surface area contributed by atoms with Crippen LogP contribution in [0.4, 0.5) is 4.79 Å². The van der Waals surface area contributed by atoms with Crippen LogP contribution in [-0.4, -0.2) is 103 Å². The normalized spacial score (nSPS) is 12.5. The Balaban J connectivity index is 1.47. The van der Waals surface area contributed by atoms with E-state index in [4.69, 9.17) is 14.2 Å². The van der Waals surface area contributed by atoms with Crippen molar-refractivity contribution >= 4 is 47.9 Å². The van der Waals surface area contributed by atoms with Crippen molar-refractivity contribution in [2.75, 3.05) is 26.3 Å². The van der Waals surface area contributed by atoms with Crippen molar-refractivity contribution in [3.8, 4) is 11.5 Å². The number of carbonyl (C=O) groups excluding carboxylic acids is 6. The van der Waals surface area contributed by atoms with Crippen molar-refractivity contribution in [1.29, 1.82) is 0 Å². The first kappa shape index (κ1) is 50.4. The second kappa shape index (κ2) is 27.8. The van der Waals surface area contributed by atoms with E-state index >= 15 is 0 Å².